The van der Waals surface area contributed by atoms with Crippen molar-refractivity contribution in [2.24, 2.45) is 0 Å². The fourth-order valence-electron chi connectivity index (χ4n) is 2.67. The van der Waals surface area contributed by atoms with E-state index in [-0.39, 0.29) is 24.5 Å². The van der Waals surface area contributed by atoms with Crippen LogP contribution in [0.15, 0.2) is 42.5 Å². The number of anilines is 1. The third-order valence-electron chi connectivity index (χ3n) is 4.05. The molecule has 5 nitrogen and oxygen atoms in total. The van der Waals surface area contributed by atoms with Crippen LogP contribution in [0.3, 0.4) is 0 Å². The first-order valence-electron chi connectivity index (χ1n) is 7.87. The molecule has 2 atom stereocenters. The molecule has 126 valence electrons. The van der Waals surface area contributed by atoms with Gasteiger partial charge >= 0.3 is 0 Å². The Labute approximate surface area is 141 Å². The van der Waals surface area contributed by atoms with E-state index in [2.05, 4.69) is 5.32 Å². The van der Waals surface area contributed by atoms with Gasteiger partial charge in [-0.15, -0.1) is 0 Å². The minimum Gasteiger partial charge on any atom is -0.493 e. The van der Waals surface area contributed by atoms with Crippen molar-refractivity contribution in [3.05, 3.63) is 53.6 Å². The molecule has 0 bridgehead atoms. The van der Waals surface area contributed by atoms with Gasteiger partial charge in [-0.05, 0) is 42.3 Å². The number of methoxy groups -OCH3 is 2. The summed E-state index contributed by atoms with van der Waals surface area (Å²) in [6.45, 7) is 2.05. The molecule has 1 N–H and O–H groups in total. The number of rotatable bonds is 6. The van der Waals surface area contributed by atoms with Crippen LogP contribution in [0.5, 0.6) is 11.5 Å². The number of hydrogen-bond donors (Lipinski definition) is 1. The highest BCUT2D eigenvalue weighted by Gasteiger charge is 2.35. The summed E-state index contributed by atoms with van der Waals surface area (Å²) in [5.74, 6) is 1.19. The SMILES string of the molecule is COc1ccc(CC(=O)Nc2ccc(C3OC3C)cc2)cc1OC. The Balaban J connectivity index is 1.61. The molecule has 1 aliphatic rings. The van der Waals surface area contributed by atoms with E-state index in [4.69, 9.17) is 14.2 Å². The van der Waals surface area contributed by atoms with Gasteiger partial charge in [-0.2, -0.15) is 0 Å². The van der Waals surface area contributed by atoms with E-state index in [1.165, 1.54) is 0 Å². The van der Waals surface area contributed by atoms with Crippen molar-refractivity contribution in [2.45, 2.75) is 25.6 Å². The molecule has 2 aromatic rings. The number of carbonyl (C=O) groups is 1. The molecule has 1 saturated heterocycles. The van der Waals surface area contributed by atoms with E-state index in [0.717, 1.165) is 16.8 Å². The summed E-state index contributed by atoms with van der Waals surface area (Å²) in [5.41, 5.74) is 2.78. The molecule has 0 radical (unpaired) electrons. The van der Waals surface area contributed by atoms with Crippen molar-refractivity contribution in [1.82, 2.24) is 0 Å². The van der Waals surface area contributed by atoms with Crippen LogP contribution in [0.2, 0.25) is 0 Å². The molecule has 0 saturated carbocycles. The minimum atomic E-state index is -0.0778. The molecule has 0 aliphatic carbocycles. The van der Waals surface area contributed by atoms with Crippen molar-refractivity contribution >= 4 is 11.6 Å². The number of epoxide rings is 1. The lowest BCUT2D eigenvalue weighted by Gasteiger charge is -2.10. The first-order chi connectivity index (χ1) is 11.6. The second kappa shape index (κ2) is 6.93. The highest BCUT2D eigenvalue weighted by atomic mass is 16.6. The predicted molar refractivity (Wildman–Crippen MR) is 91.6 cm³/mol. The highest BCUT2D eigenvalue weighted by Crippen LogP contribution is 2.38. The maximum Gasteiger partial charge on any atom is 0.228 e. The molecule has 0 spiro atoms. The molecule has 5 heteroatoms. The van der Waals surface area contributed by atoms with Gasteiger partial charge in [0, 0.05) is 5.69 Å². The first kappa shape index (κ1) is 16.3. The second-order valence-corrected chi connectivity index (χ2v) is 5.80. The average molecular weight is 327 g/mol. The van der Waals surface area contributed by atoms with Crippen molar-refractivity contribution in [3.8, 4) is 11.5 Å². The molecule has 3 rings (SSSR count). The molecule has 1 amide bonds. The molecule has 1 heterocycles. The zero-order chi connectivity index (χ0) is 17.1. The van der Waals surface area contributed by atoms with Crippen molar-refractivity contribution in [3.63, 3.8) is 0 Å². The third kappa shape index (κ3) is 3.68. The highest BCUT2D eigenvalue weighted by molar-refractivity contribution is 5.92. The van der Waals surface area contributed by atoms with Gasteiger partial charge < -0.3 is 19.5 Å². The topological polar surface area (TPSA) is 60.1 Å². The summed E-state index contributed by atoms with van der Waals surface area (Å²) >= 11 is 0. The number of hydrogen-bond acceptors (Lipinski definition) is 4. The maximum absolute atomic E-state index is 12.2. The van der Waals surface area contributed by atoms with E-state index in [1.807, 2.05) is 43.3 Å². The lowest BCUT2D eigenvalue weighted by molar-refractivity contribution is -0.115. The van der Waals surface area contributed by atoms with Crippen LogP contribution in [-0.4, -0.2) is 26.2 Å². The van der Waals surface area contributed by atoms with E-state index in [9.17, 15) is 4.79 Å². The minimum absolute atomic E-state index is 0.0778. The van der Waals surface area contributed by atoms with Gasteiger partial charge in [-0.3, -0.25) is 4.79 Å². The van der Waals surface area contributed by atoms with Crippen molar-refractivity contribution in [2.75, 3.05) is 19.5 Å². The summed E-state index contributed by atoms with van der Waals surface area (Å²) in [7, 11) is 3.16. The zero-order valence-corrected chi connectivity index (χ0v) is 14.0. The Kier molecular flexibility index (Phi) is 4.71. The number of amides is 1. The molecule has 2 aromatic carbocycles. The van der Waals surface area contributed by atoms with Gasteiger partial charge in [-0.1, -0.05) is 18.2 Å². The largest absolute Gasteiger partial charge is 0.493 e. The summed E-state index contributed by atoms with van der Waals surface area (Å²) in [6, 6.07) is 13.2. The monoisotopic (exact) mass is 327 g/mol. The Morgan fingerprint density at radius 1 is 1.08 bits per heavy atom. The van der Waals surface area contributed by atoms with Gasteiger partial charge in [0.05, 0.1) is 26.7 Å². The number of benzene rings is 2. The number of ether oxygens (including phenoxy) is 3. The average Bonchev–Trinajstić information content (AvgIpc) is 3.32. The van der Waals surface area contributed by atoms with Crippen LogP contribution in [-0.2, 0) is 16.0 Å². The normalized spacial score (nSPS) is 18.8. The van der Waals surface area contributed by atoms with Gasteiger partial charge in [0.2, 0.25) is 5.91 Å². The summed E-state index contributed by atoms with van der Waals surface area (Å²) < 4.78 is 15.9. The number of carbonyl (C=O) groups excluding carboxylic acids is 1. The predicted octanol–water partition coefficient (Wildman–Crippen LogP) is 3.34. The molecule has 24 heavy (non-hydrogen) atoms. The molecule has 1 aliphatic heterocycles. The van der Waals surface area contributed by atoms with Crippen molar-refractivity contribution in [1.29, 1.82) is 0 Å². The third-order valence-corrected chi connectivity index (χ3v) is 4.05. The van der Waals surface area contributed by atoms with E-state index >= 15 is 0 Å². The zero-order valence-electron chi connectivity index (χ0n) is 14.0. The Morgan fingerprint density at radius 3 is 2.33 bits per heavy atom. The van der Waals surface area contributed by atoms with E-state index < -0.39 is 0 Å². The quantitative estimate of drug-likeness (QED) is 0.827. The molecule has 0 aromatic heterocycles. The van der Waals surface area contributed by atoms with E-state index in [1.54, 1.807) is 20.3 Å². The van der Waals surface area contributed by atoms with Gasteiger partial charge in [0.15, 0.2) is 11.5 Å². The second-order valence-electron chi connectivity index (χ2n) is 5.80. The molecule has 1 fully saturated rings. The summed E-state index contributed by atoms with van der Waals surface area (Å²) in [4.78, 5) is 12.2. The first-order valence-corrected chi connectivity index (χ1v) is 7.87. The van der Waals surface area contributed by atoms with E-state index in [0.29, 0.717) is 11.5 Å². The lowest BCUT2D eigenvalue weighted by Crippen LogP contribution is -2.14. The van der Waals surface area contributed by atoms with Crippen LogP contribution in [0.4, 0.5) is 5.69 Å². The molecular formula is C19H21NO4. The van der Waals surface area contributed by atoms with Crippen LogP contribution in [0.25, 0.3) is 0 Å². The van der Waals surface area contributed by atoms with Crippen LogP contribution in [0.1, 0.15) is 24.2 Å². The standard InChI is InChI=1S/C19H21NO4/c1-12-19(24-12)14-5-7-15(8-6-14)20-18(21)11-13-4-9-16(22-2)17(10-13)23-3/h4-10,12,19H,11H2,1-3H3,(H,20,21). The molecular weight excluding hydrogens is 306 g/mol. The maximum atomic E-state index is 12.2. The Bertz CT molecular complexity index is 727. The summed E-state index contributed by atoms with van der Waals surface area (Å²) in [5, 5.41) is 2.90. The molecule has 2 unspecified atom stereocenters. The number of nitrogens with one attached hydrogen (secondary N) is 1. The fraction of sp³-hybridized carbons (Fsp3) is 0.316. The summed E-state index contributed by atoms with van der Waals surface area (Å²) in [6.07, 6.45) is 0.752. The van der Waals surface area contributed by atoms with Gasteiger partial charge in [0.25, 0.3) is 0 Å². The smallest absolute Gasteiger partial charge is 0.228 e. The van der Waals surface area contributed by atoms with Crippen LogP contribution >= 0.6 is 0 Å². The van der Waals surface area contributed by atoms with Crippen LogP contribution in [0, 0.1) is 0 Å². The lowest BCUT2D eigenvalue weighted by atomic mass is 10.1. The Hall–Kier alpha value is -2.53. The Morgan fingerprint density at radius 2 is 1.75 bits per heavy atom. The van der Waals surface area contributed by atoms with Crippen molar-refractivity contribution < 1.29 is 19.0 Å². The van der Waals surface area contributed by atoms with Crippen LogP contribution < -0.4 is 14.8 Å². The van der Waals surface area contributed by atoms with Gasteiger partial charge in [-0.25, -0.2) is 0 Å². The van der Waals surface area contributed by atoms with Gasteiger partial charge in [0.1, 0.15) is 6.10 Å². The fourth-order valence-corrected chi connectivity index (χ4v) is 2.67.